The minimum absolute atomic E-state index is 0.372. The number of nitrogens with two attached hydrogens (primary N) is 1. The second-order valence-corrected chi connectivity index (χ2v) is 1.83. The maximum absolute atomic E-state index is 10.1. The molecule has 1 rings (SSSR count). The molecule has 0 unspecified atom stereocenters. The van der Waals surface area contributed by atoms with E-state index in [1.54, 1.807) is 6.08 Å². The van der Waals surface area contributed by atoms with E-state index in [4.69, 9.17) is 5.73 Å². The third-order valence-corrected chi connectivity index (χ3v) is 1.20. The Morgan fingerprint density at radius 3 is 3.00 bits per heavy atom. The summed E-state index contributed by atoms with van der Waals surface area (Å²) in [5, 5.41) is 0. The van der Waals surface area contributed by atoms with E-state index in [9.17, 15) is 4.79 Å². The van der Waals surface area contributed by atoms with Crippen molar-refractivity contribution in [2.75, 3.05) is 6.54 Å². The summed E-state index contributed by atoms with van der Waals surface area (Å²) in [5.74, 6) is 0.372. The van der Waals surface area contributed by atoms with Crippen molar-refractivity contribution in [3.8, 4) is 0 Å². The van der Waals surface area contributed by atoms with Crippen molar-refractivity contribution in [1.82, 2.24) is 0 Å². The number of hydrogen-bond acceptors (Lipinski definition) is 3. The molecule has 1 aliphatic rings. The number of nitrogens with zero attached hydrogens (tertiary/aromatic N) is 1. The molecule has 0 radical (unpaired) electrons. The van der Waals surface area contributed by atoms with Gasteiger partial charge in [0.15, 0.2) is 6.29 Å². The zero-order valence-electron chi connectivity index (χ0n) is 5.00. The van der Waals surface area contributed by atoms with Crippen molar-refractivity contribution in [3.05, 3.63) is 11.6 Å². The molecule has 0 saturated carbocycles. The van der Waals surface area contributed by atoms with Gasteiger partial charge in [0, 0.05) is 6.54 Å². The number of amidine groups is 1. The molecule has 0 amide bonds. The van der Waals surface area contributed by atoms with Crippen LogP contribution in [-0.2, 0) is 4.79 Å². The molecular formula is C6H8N2O. The lowest BCUT2D eigenvalue weighted by Crippen LogP contribution is -2.18. The normalized spacial score (nSPS) is 18.2. The lowest BCUT2D eigenvalue weighted by molar-refractivity contribution is -0.104. The van der Waals surface area contributed by atoms with Crippen molar-refractivity contribution >= 4 is 12.1 Å². The van der Waals surface area contributed by atoms with Crippen LogP contribution in [0.4, 0.5) is 0 Å². The van der Waals surface area contributed by atoms with Crippen LogP contribution in [0.3, 0.4) is 0 Å². The molecule has 0 atom stereocenters. The molecule has 0 aromatic heterocycles. The Morgan fingerprint density at radius 1 is 1.78 bits per heavy atom. The zero-order chi connectivity index (χ0) is 6.69. The van der Waals surface area contributed by atoms with Crippen LogP contribution in [0.2, 0.25) is 0 Å². The van der Waals surface area contributed by atoms with Gasteiger partial charge in [-0.2, -0.15) is 0 Å². The summed E-state index contributed by atoms with van der Waals surface area (Å²) >= 11 is 0. The maximum atomic E-state index is 10.1. The van der Waals surface area contributed by atoms with Gasteiger partial charge in [0.05, 0.1) is 5.57 Å². The number of rotatable bonds is 1. The Labute approximate surface area is 53.3 Å². The predicted octanol–water partition coefficient (Wildman–Crippen LogP) is -0.127. The van der Waals surface area contributed by atoms with Crippen LogP contribution in [0.25, 0.3) is 0 Å². The molecule has 0 saturated heterocycles. The van der Waals surface area contributed by atoms with Crippen LogP contribution in [-0.4, -0.2) is 18.7 Å². The zero-order valence-corrected chi connectivity index (χ0v) is 5.00. The topological polar surface area (TPSA) is 55.4 Å². The first-order valence-corrected chi connectivity index (χ1v) is 2.80. The average molecular weight is 124 g/mol. The van der Waals surface area contributed by atoms with Crippen molar-refractivity contribution < 1.29 is 4.79 Å². The van der Waals surface area contributed by atoms with Crippen LogP contribution in [0.15, 0.2) is 16.6 Å². The molecule has 0 spiro atoms. The fourth-order valence-electron chi connectivity index (χ4n) is 0.709. The van der Waals surface area contributed by atoms with Gasteiger partial charge in [-0.3, -0.25) is 9.79 Å². The molecule has 1 aliphatic heterocycles. The van der Waals surface area contributed by atoms with E-state index in [-0.39, 0.29) is 0 Å². The van der Waals surface area contributed by atoms with Gasteiger partial charge in [0.1, 0.15) is 5.84 Å². The summed E-state index contributed by atoms with van der Waals surface area (Å²) in [6.07, 6.45) is 3.36. The number of aliphatic imine (C=N–C) groups is 1. The molecule has 3 nitrogen and oxygen atoms in total. The first-order valence-electron chi connectivity index (χ1n) is 2.80. The summed E-state index contributed by atoms with van der Waals surface area (Å²) in [6, 6.07) is 0. The van der Waals surface area contributed by atoms with Gasteiger partial charge < -0.3 is 5.73 Å². The van der Waals surface area contributed by atoms with E-state index >= 15 is 0 Å². The Bertz CT molecular complexity index is 181. The Balaban J connectivity index is 2.79. The molecule has 48 valence electrons. The highest BCUT2D eigenvalue weighted by atomic mass is 16.1. The first kappa shape index (κ1) is 6.01. The summed E-state index contributed by atoms with van der Waals surface area (Å²) in [7, 11) is 0. The van der Waals surface area contributed by atoms with E-state index in [2.05, 4.69) is 4.99 Å². The van der Waals surface area contributed by atoms with Crippen LogP contribution in [0.1, 0.15) is 6.42 Å². The van der Waals surface area contributed by atoms with Gasteiger partial charge in [-0.05, 0) is 6.42 Å². The molecule has 0 bridgehead atoms. The average Bonchev–Trinajstić information content (AvgIpc) is 1.89. The Hall–Kier alpha value is -1.12. The second-order valence-electron chi connectivity index (χ2n) is 1.83. The molecule has 0 aromatic rings. The highest BCUT2D eigenvalue weighted by Gasteiger charge is 2.03. The fraction of sp³-hybridized carbons (Fsp3) is 0.333. The molecule has 9 heavy (non-hydrogen) atoms. The highest BCUT2D eigenvalue weighted by Crippen LogP contribution is 2.00. The second kappa shape index (κ2) is 2.44. The third-order valence-electron chi connectivity index (χ3n) is 1.20. The van der Waals surface area contributed by atoms with Crippen LogP contribution < -0.4 is 5.73 Å². The number of aldehydes is 1. The quantitative estimate of drug-likeness (QED) is 0.495. The van der Waals surface area contributed by atoms with Gasteiger partial charge in [-0.1, -0.05) is 6.08 Å². The van der Waals surface area contributed by atoms with E-state index in [0.717, 1.165) is 12.7 Å². The Kier molecular flexibility index (Phi) is 1.63. The van der Waals surface area contributed by atoms with Crippen molar-refractivity contribution in [1.29, 1.82) is 0 Å². The molecule has 0 aromatic carbocycles. The van der Waals surface area contributed by atoms with Gasteiger partial charge in [0.2, 0.25) is 0 Å². The smallest absolute Gasteiger partial charge is 0.153 e. The van der Waals surface area contributed by atoms with Gasteiger partial charge in [-0.15, -0.1) is 0 Å². The number of hydrogen-bond donors (Lipinski definition) is 1. The minimum Gasteiger partial charge on any atom is -0.383 e. The summed E-state index contributed by atoms with van der Waals surface area (Å²) in [4.78, 5) is 14.0. The molecule has 1 heterocycles. The summed E-state index contributed by atoms with van der Waals surface area (Å²) in [5.41, 5.74) is 5.87. The van der Waals surface area contributed by atoms with Gasteiger partial charge in [-0.25, -0.2) is 0 Å². The van der Waals surface area contributed by atoms with Crippen molar-refractivity contribution in [2.45, 2.75) is 6.42 Å². The number of carbonyl (C=O) groups is 1. The fourth-order valence-corrected chi connectivity index (χ4v) is 0.709. The highest BCUT2D eigenvalue weighted by molar-refractivity contribution is 6.13. The summed E-state index contributed by atoms with van der Waals surface area (Å²) < 4.78 is 0. The Morgan fingerprint density at radius 2 is 2.56 bits per heavy atom. The SMILES string of the molecule is NC1=NCCC=C1C=O. The summed E-state index contributed by atoms with van der Waals surface area (Å²) in [6.45, 7) is 0.711. The minimum atomic E-state index is 0.372. The van der Waals surface area contributed by atoms with Crippen LogP contribution in [0, 0.1) is 0 Å². The van der Waals surface area contributed by atoms with E-state index in [1.165, 1.54) is 0 Å². The molecular weight excluding hydrogens is 116 g/mol. The predicted molar refractivity (Wildman–Crippen MR) is 35.3 cm³/mol. The first-order chi connectivity index (χ1) is 4.34. The monoisotopic (exact) mass is 124 g/mol. The molecule has 3 heteroatoms. The lowest BCUT2D eigenvalue weighted by atomic mass is 10.2. The number of dihydropyridines is 1. The van der Waals surface area contributed by atoms with E-state index < -0.39 is 0 Å². The van der Waals surface area contributed by atoms with Gasteiger partial charge in [0.25, 0.3) is 0 Å². The van der Waals surface area contributed by atoms with Crippen molar-refractivity contribution in [3.63, 3.8) is 0 Å². The molecule has 0 aliphatic carbocycles. The third kappa shape index (κ3) is 1.16. The van der Waals surface area contributed by atoms with Gasteiger partial charge >= 0.3 is 0 Å². The molecule has 2 N–H and O–H groups in total. The number of carbonyl (C=O) groups excluding carboxylic acids is 1. The standard InChI is InChI=1S/C6H8N2O/c7-6-5(4-9)2-1-3-8-6/h2,4H,1,3H2,(H2,7,8). The lowest BCUT2D eigenvalue weighted by Gasteiger charge is -2.03. The van der Waals surface area contributed by atoms with E-state index in [0.29, 0.717) is 18.0 Å². The molecule has 0 fully saturated rings. The maximum Gasteiger partial charge on any atom is 0.153 e. The van der Waals surface area contributed by atoms with Crippen molar-refractivity contribution in [2.24, 2.45) is 10.7 Å². The van der Waals surface area contributed by atoms with Crippen LogP contribution in [0.5, 0.6) is 0 Å². The van der Waals surface area contributed by atoms with E-state index in [1.807, 2.05) is 0 Å². The van der Waals surface area contributed by atoms with Crippen LogP contribution >= 0.6 is 0 Å². The largest absolute Gasteiger partial charge is 0.383 e.